The zero-order valence-electron chi connectivity index (χ0n) is 14.6. The predicted molar refractivity (Wildman–Crippen MR) is 96.6 cm³/mol. The van der Waals surface area contributed by atoms with Crippen LogP contribution in [0.5, 0.6) is 5.88 Å². The van der Waals surface area contributed by atoms with Crippen LogP contribution in [0.1, 0.15) is 50.5 Å². The van der Waals surface area contributed by atoms with Crippen molar-refractivity contribution in [1.82, 2.24) is 15.3 Å². The number of carbonyl (C=O) groups is 1. The highest BCUT2D eigenvalue weighted by Crippen LogP contribution is 2.38. The third-order valence-electron chi connectivity index (χ3n) is 4.70. The van der Waals surface area contributed by atoms with Gasteiger partial charge in [-0.05, 0) is 44.1 Å². The first-order valence-corrected chi connectivity index (χ1v) is 9.55. The molecular weight excluding hydrogens is 322 g/mol. The van der Waals surface area contributed by atoms with Crippen LogP contribution in [0.4, 0.5) is 0 Å². The van der Waals surface area contributed by atoms with Crippen LogP contribution in [0.15, 0.2) is 6.33 Å². The van der Waals surface area contributed by atoms with Crippen molar-refractivity contribution in [3.05, 3.63) is 16.8 Å². The first-order chi connectivity index (χ1) is 11.6. The fourth-order valence-corrected chi connectivity index (χ4v) is 4.16. The number of fused-ring (bicyclic) bond motifs is 3. The molecule has 1 N–H and O–H groups in total. The lowest BCUT2D eigenvalue weighted by Crippen LogP contribution is -2.39. The molecule has 0 spiro atoms. The average molecular weight is 347 g/mol. The van der Waals surface area contributed by atoms with E-state index in [1.807, 2.05) is 6.92 Å². The smallest absolute Gasteiger partial charge is 0.258 e. The number of hydrogen-bond donors (Lipinski definition) is 1. The number of thiophene rings is 1. The SMILES string of the molecule is CC(C)C(C)NC(=O)COc1ncnc2sc3c(c12)CCCCC3. The summed E-state index contributed by atoms with van der Waals surface area (Å²) in [5.74, 6) is 0.836. The Bertz CT molecular complexity index is 726. The zero-order valence-corrected chi connectivity index (χ0v) is 15.4. The maximum Gasteiger partial charge on any atom is 0.258 e. The van der Waals surface area contributed by atoms with E-state index in [-0.39, 0.29) is 18.6 Å². The Kier molecular flexibility index (Phi) is 5.33. The van der Waals surface area contributed by atoms with Gasteiger partial charge in [0.15, 0.2) is 6.61 Å². The largest absolute Gasteiger partial charge is 0.467 e. The van der Waals surface area contributed by atoms with Gasteiger partial charge < -0.3 is 10.1 Å². The van der Waals surface area contributed by atoms with Crippen molar-refractivity contribution in [3.63, 3.8) is 0 Å². The minimum atomic E-state index is -0.107. The zero-order chi connectivity index (χ0) is 17.1. The summed E-state index contributed by atoms with van der Waals surface area (Å²) in [4.78, 5) is 23.2. The molecule has 0 bridgehead atoms. The molecular formula is C18H25N3O2S. The molecule has 6 heteroatoms. The molecule has 0 aliphatic heterocycles. The minimum Gasteiger partial charge on any atom is -0.467 e. The van der Waals surface area contributed by atoms with E-state index in [1.165, 1.54) is 36.0 Å². The fraction of sp³-hybridized carbons (Fsp3) is 0.611. The first kappa shape index (κ1) is 17.1. The van der Waals surface area contributed by atoms with Crippen molar-refractivity contribution in [3.8, 4) is 5.88 Å². The second-order valence-corrected chi connectivity index (χ2v) is 7.90. The number of amides is 1. The van der Waals surface area contributed by atoms with E-state index in [1.54, 1.807) is 11.3 Å². The summed E-state index contributed by atoms with van der Waals surface area (Å²) in [5.41, 5.74) is 1.33. The van der Waals surface area contributed by atoms with Crippen LogP contribution in [0, 0.1) is 5.92 Å². The monoisotopic (exact) mass is 347 g/mol. The molecule has 2 aromatic heterocycles. The van der Waals surface area contributed by atoms with Gasteiger partial charge in [-0.3, -0.25) is 4.79 Å². The summed E-state index contributed by atoms with van der Waals surface area (Å²) in [6, 6.07) is 0.129. The Hall–Kier alpha value is -1.69. The van der Waals surface area contributed by atoms with E-state index in [9.17, 15) is 4.79 Å². The van der Waals surface area contributed by atoms with Crippen LogP contribution < -0.4 is 10.1 Å². The molecule has 130 valence electrons. The van der Waals surface area contributed by atoms with Gasteiger partial charge in [0.1, 0.15) is 11.2 Å². The normalized spacial score (nSPS) is 15.8. The molecule has 1 aliphatic rings. The second-order valence-electron chi connectivity index (χ2n) is 6.81. The Morgan fingerprint density at radius 3 is 2.83 bits per heavy atom. The van der Waals surface area contributed by atoms with Gasteiger partial charge in [0, 0.05) is 10.9 Å². The molecule has 24 heavy (non-hydrogen) atoms. The summed E-state index contributed by atoms with van der Waals surface area (Å²) in [6.45, 7) is 6.17. The Labute approximate surface area is 146 Å². The molecule has 2 heterocycles. The van der Waals surface area contributed by atoms with E-state index >= 15 is 0 Å². The van der Waals surface area contributed by atoms with Crippen molar-refractivity contribution in [2.24, 2.45) is 5.92 Å². The molecule has 1 atom stereocenters. The van der Waals surface area contributed by atoms with Gasteiger partial charge in [0.05, 0.1) is 5.39 Å². The molecule has 2 aromatic rings. The van der Waals surface area contributed by atoms with Gasteiger partial charge in [-0.15, -0.1) is 11.3 Å². The lowest BCUT2D eigenvalue weighted by molar-refractivity contribution is -0.124. The maximum atomic E-state index is 12.1. The lowest BCUT2D eigenvalue weighted by atomic mass is 10.1. The topological polar surface area (TPSA) is 64.1 Å². The van der Waals surface area contributed by atoms with Crippen molar-refractivity contribution in [2.45, 2.75) is 58.9 Å². The number of nitrogens with one attached hydrogen (secondary N) is 1. The summed E-state index contributed by atoms with van der Waals surface area (Å²) in [6.07, 6.45) is 7.39. The van der Waals surface area contributed by atoms with E-state index < -0.39 is 0 Å². The van der Waals surface area contributed by atoms with Gasteiger partial charge in [-0.2, -0.15) is 0 Å². The third-order valence-corrected chi connectivity index (χ3v) is 5.90. The summed E-state index contributed by atoms with van der Waals surface area (Å²) in [5, 5.41) is 3.98. The highest BCUT2D eigenvalue weighted by atomic mass is 32.1. The van der Waals surface area contributed by atoms with Gasteiger partial charge in [0.2, 0.25) is 5.88 Å². The Morgan fingerprint density at radius 1 is 1.25 bits per heavy atom. The van der Waals surface area contributed by atoms with E-state index in [0.717, 1.165) is 23.1 Å². The number of carbonyl (C=O) groups excluding carboxylic acids is 1. The number of rotatable bonds is 5. The summed E-state index contributed by atoms with van der Waals surface area (Å²) >= 11 is 1.74. The molecule has 0 radical (unpaired) electrons. The summed E-state index contributed by atoms with van der Waals surface area (Å²) < 4.78 is 5.77. The fourth-order valence-electron chi connectivity index (χ4n) is 2.94. The van der Waals surface area contributed by atoms with Gasteiger partial charge >= 0.3 is 0 Å². The van der Waals surface area contributed by atoms with Crippen molar-refractivity contribution in [1.29, 1.82) is 0 Å². The van der Waals surface area contributed by atoms with Crippen LogP contribution >= 0.6 is 11.3 Å². The number of ether oxygens (including phenoxy) is 1. The average Bonchev–Trinajstić information content (AvgIpc) is 2.75. The van der Waals surface area contributed by atoms with Crippen LogP contribution in [0.25, 0.3) is 10.2 Å². The maximum absolute atomic E-state index is 12.1. The standard InChI is InChI=1S/C18H25N3O2S/c1-11(2)12(3)21-15(22)9-23-17-16-13-7-5-4-6-8-14(13)24-18(16)20-10-19-17/h10-12H,4-9H2,1-3H3,(H,21,22). The van der Waals surface area contributed by atoms with Crippen molar-refractivity contribution >= 4 is 27.5 Å². The first-order valence-electron chi connectivity index (χ1n) is 8.73. The van der Waals surface area contributed by atoms with Gasteiger partial charge in [0.25, 0.3) is 5.91 Å². The van der Waals surface area contributed by atoms with Gasteiger partial charge in [-0.25, -0.2) is 9.97 Å². The van der Waals surface area contributed by atoms with E-state index in [4.69, 9.17) is 4.74 Å². The van der Waals surface area contributed by atoms with Crippen LogP contribution in [0.2, 0.25) is 0 Å². The molecule has 0 saturated heterocycles. The van der Waals surface area contributed by atoms with Crippen molar-refractivity contribution in [2.75, 3.05) is 6.61 Å². The molecule has 0 aromatic carbocycles. The lowest BCUT2D eigenvalue weighted by Gasteiger charge is -2.17. The number of hydrogen-bond acceptors (Lipinski definition) is 5. The van der Waals surface area contributed by atoms with Crippen molar-refractivity contribution < 1.29 is 9.53 Å². The Morgan fingerprint density at radius 2 is 2.04 bits per heavy atom. The van der Waals surface area contributed by atoms with Crippen LogP contribution in [-0.4, -0.2) is 28.5 Å². The highest BCUT2D eigenvalue weighted by Gasteiger charge is 2.20. The molecule has 5 nitrogen and oxygen atoms in total. The molecule has 1 aliphatic carbocycles. The molecule has 0 fully saturated rings. The highest BCUT2D eigenvalue weighted by molar-refractivity contribution is 7.18. The number of nitrogens with zero attached hydrogens (tertiary/aromatic N) is 2. The van der Waals surface area contributed by atoms with Gasteiger partial charge in [-0.1, -0.05) is 20.3 Å². The molecule has 0 saturated carbocycles. The minimum absolute atomic E-state index is 0.00616. The second kappa shape index (κ2) is 7.47. The van der Waals surface area contributed by atoms with E-state index in [2.05, 4.69) is 29.1 Å². The van der Waals surface area contributed by atoms with Crippen LogP contribution in [0.3, 0.4) is 0 Å². The number of aryl methyl sites for hydroxylation is 2. The Balaban J connectivity index is 1.77. The van der Waals surface area contributed by atoms with Crippen LogP contribution in [-0.2, 0) is 17.6 Å². The molecule has 1 amide bonds. The quantitative estimate of drug-likeness (QED) is 0.841. The molecule has 3 rings (SSSR count). The number of aromatic nitrogens is 2. The molecule has 1 unspecified atom stereocenters. The predicted octanol–water partition coefficient (Wildman–Crippen LogP) is 3.50. The van der Waals surface area contributed by atoms with E-state index in [0.29, 0.717) is 11.8 Å². The summed E-state index contributed by atoms with van der Waals surface area (Å²) in [7, 11) is 0. The third kappa shape index (κ3) is 3.69.